The van der Waals surface area contributed by atoms with E-state index in [2.05, 4.69) is 13.8 Å². The molecule has 188 valence electrons. The number of unbranched alkanes of at least 4 members (excludes halogenated alkanes) is 3. The van der Waals surface area contributed by atoms with Crippen molar-refractivity contribution >= 4 is 0 Å². The summed E-state index contributed by atoms with van der Waals surface area (Å²) >= 11 is 0. The first-order chi connectivity index (χ1) is 16.0. The molecule has 0 bridgehead atoms. The van der Waals surface area contributed by atoms with Crippen LogP contribution in [0.4, 0.5) is 8.78 Å². The summed E-state index contributed by atoms with van der Waals surface area (Å²) in [5, 5.41) is 0. The zero-order chi connectivity index (χ0) is 23.6. The van der Waals surface area contributed by atoms with Gasteiger partial charge in [-0.1, -0.05) is 71.6 Å². The van der Waals surface area contributed by atoms with Gasteiger partial charge in [0.15, 0.2) is 11.6 Å². The average molecular weight is 463 g/mol. The van der Waals surface area contributed by atoms with Crippen molar-refractivity contribution in [2.45, 2.75) is 124 Å². The molecule has 1 aromatic carbocycles. The molecule has 0 saturated heterocycles. The first kappa shape index (κ1) is 26.5. The number of aryl methyl sites for hydroxylation is 1. The summed E-state index contributed by atoms with van der Waals surface area (Å²) in [6.45, 7) is 6.68. The van der Waals surface area contributed by atoms with Gasteiger partial charge in [0.1, 0.15) is 0 Å². The molecule has 2 aliphatic rings. The van der Waals surface area contributed by atoms with E-state index in [0.29, 0.717) is 24.5 Å². The SMILES string of the molecule is CCCCCC1CCC(C2CCC(CCc3c(C)cc(OCCCC)c(F)c3F)CC2)CC1. The summed E-state index contributed by atoms with van der Waals surface area (Å²) in [6, 6.07) is 1.69. The van der Waals surface area contributed by atoms with Crippen LogP contribution in [-0.2, 0) is 6.42 Å². The molecule has 2 aliphatic carbocycles. The van der Waals surface area contributed by atoms with Crippen LogP contribution >= 0.6 is 0 Å². The molecule has 1 aromatic rings. The molecule has 33 heavy (non-hydrogen) atoms. The molecular weight excluding hydrogens is 414 g/mol. The molecule has 0 amide bonds. The molecule has 0 aliphatic heterocycles. The molecule has 0 N–H and O–H groups in total. The lowest BCUT2D eigenvalue weighted by atomic mass is 9.68. The number of ether oxygens (including phenoxy) is 1. The van der Waals surface area contributed by atoms with E-state index < -0.39 is 11.6 Å². The van der Waals surface area contributed by atoms with Crippen LogP contribution < -0.4 is 4.74 Å². The van der Waals surface area contributed by atoms with Crippen molar-refractivity contribution in [1.82, 2.24) is 0 Å². The summed E-state index contributed by atoms with van der Waals surface area (Å²) in [7, 11) is 0. The molecule has 3 rings (SSSR count). The maximum absolute atomic E-state index is 14.8. The third-order valence-corrected chi connectivity index (χ3v) is 8.72. The molecule has 0 heterocycles. The van der Waals surface area contributed by atoms with Crippen LogP contribution in [0.25, 0.3) is 0 Å². The minimum absolute atomic E-state index is 0.0720. The van der Waals surface area contributed by atoms with Crippen molar-refractivity contribution in [1.29, 1.82) is 0 Å². The lowest BCUT2D eigenvalue weighted by Gasteiger charge is -2.38. The Morgan fingerprint density at radius 3 is 1.91 bits per heavy atom. The minimum atomic E-state index is -0.805. The van der Waals surface area contributed by atoms with E-state index in [1.165, 1.54) is 77.0 Å². The third-order valence-electron chi connectivity index (χ3n) is 8.72. The van der Waals surface area contributed by atoms with Crippen molar-refractivity contribution in [3.05, 3.63) is 28.8 Å². The highest BCUT2D eigenvalue weighted by Crippen LogP contribution is 2.43. The molecule has 3 heteroatoms. The molecular formula is C30H48F2O. The Morgan fingerprint density at radius 2 is 1.33 bits per heavy atom. The van der Waals surface area contributed by atoms with E-state index in [9.17, 15) is 8.78 Å². The van der Waals surface area contributed by atoms with E-state index in [-0.39, 0.29) is 5.75 Å². The van der Waals surface area contributed by atoms with Crippen LogP contribution in [-0.4, -0.2) is 6.61 Å². The number of rotatable bonds is 12. The second kappa shape index (κ2) is 13.7. The highest BCUT2D eigenvalue weighted by Gasteiger charge is 2.31. The summed E-state index contributed by atoms with van der Waals surface area (Å²) in [6.07, 6.45) is 20.1. The van der Waals surface area contributed by atoms with Crippen molar-refractivity contribution in [3.8, 4) is 5.75 Å². The first-order valence-corrected chi connectivity index (χ1v) is 14.1. The van der Waals surface area contributed by atoms with Gasteiger partial charge >= 0.3 is 0 Å². The Kier molecular flexibility index (Phi) is 11.0. The highest BCUT2D eigenvalue weighted by atomic mass is 19.2. The monoisotopic (exact) mass is 462 g/mol. The Hall–Kier alpha value is -1.12. The van der Waals surface area contributed by atoms with E-state index in [1.54, 1.807) is 6.07 Å². The number of halogens is 2. The van der Waals surface area contributed by atoms with Crippen molar-refractivity contribution in [2.24, 2.45) is 23.7 Å². The van der Waals surface area contributed by atoms with E-state index >= 15 is 0 Å². The zero-order valence-corrected chi connectivity index (χ0v) is 21.6. The normalized spacial score (nSPS) is 25.8. The van der Waals surface area contributed by atoms with Crippen molar-refractivity contribution < 1.29 is 13.5 Å². The molecule has 2 fully saturated rings. The van der Waals surface area contributed by atoms with Crippen LogP contribution in [0.1, 0.15) is 121 Å². The van der Waals surface area contributed by atoms with Gasteiger partial charge in [0, 0.05) is 0 Å². The standard InChI is InChI=1S/C30H48F2O/c1-4-6-8-9-23-10-15-25(16-11-23)26-17-12-24(13-18-26)14-19-27-22(3)21-28(30(32)29(27)31)33-20-7-5-2/h21,23-26H,4-20H2,1-3H3. The summed E-state index contributed by atoms with van der Waals surface area (Å²) in [5.74, 6) is 2.09. The number of hydrogen-bond acceptors (Lipinski definition) is 1. The quantitative estimate of drug-likeness (QED) is 0.281. The zero-order valence-electron chi connectivity index (χ0n) is 21.6. The summed E-state index contributed by atoms with van der Waals surface area (Å²) in [5.41, 5.74) is 1.38. The third kappa shape index (κ3) is 7.69. The summed E-state index contributed by atoms with van der Waals surface area (Å²) in [4.78, 5) is 0. The van der Waals surface area contributed by atoms with Crippen LogP contribution in [0, 0.1) is 42.2 Å². The average Bonchev–Trinajstić information content (AvgIpc) is 2.83. The maximum atomic E-state index is 14.8. The van der Waals surface area contributed by atoms with E-state index in [1.807, 2.05) is 6.92 Å². The van der Waals surface area contributed by atoms with E-state index in [4.69, 9.17) is 4.74 Å². The van der Waals surface area contributed by atoms with Crippen molar-refractivity contribution in [3.63, 3.8) is 0 Å². The van der Waals surface area contributed by atoms with Gasteiger partial charge in [-0.05, 0) is 92.7 Å². The molecule has 0 aromatic heterocycles. The topological polar surface area (TPSA) is 9.23 Å². The lowest BCUT2D eigenvalue weighted by molar-refractivity contribution is 0.140. The molecule has 0 atom stereocenters. The fraction of sp³-hybridized carbons (Fsp3) is 0.800. The van der Waals surface area contributed by atoms with E-state index in [0.717, 1.165) is 42.6 Å². The Labute approximate surface area is 202 Å². The second-order valence-corrected chi connectivity index (χ2v) is 11.1. The van der Waals surface area contributed by atoms with Crippen LogP contribution in [0.5, 0.6) is 5.75 Å². The molecule has 2 saturated carbocycles. The largest absolute Gasteiger partial charge is 0.490 e. The predicted octanol–water partition coefficient (Wildman–Crippen LogP) is 9.58. The van der Waals surface area contributed by atoms with Gasteiger partial charge in [-0.15, -0.1) is 0 Å². The summed E-state index contributed by atoms with van der Waals surface area (Å²) < 4.78 is 34.7. The van der Waals surface area contributed by atoms with Gasteiger partial charge in [0.25, 0.3) is 0 Å². The number of benzene rings is 1. The molecule has 0 unspecified atom stereocenters. The van der Waals surface area contributed by atoms with Gasteiger partial charge < -0.3 is 4.74 Å². The second-order valence-electron chi connectivity index (χ2n) is 11.1. The Bertz CT molecular complexity index is 700. The van der Waals surface area contributed by atoms with Gasteiger partial charge in [0.05, 0.1) is 6.61 Å². The smallest absolute Gasteiger partial charge is 0.200 e. The lowest BCUT2D eigenvalue weighted by Crippen LogP contribution is -2.26. The van der Waals surface area contributed by atoms with Crippen LogP contribution in [0.2, 0.25) is 0 Å². The Balaban J connectivity index is 1.41. The van der Waals surface area contributed by atoms with Gasteiger partial charge in [0.2, 0.25) is 5.82 Å². The Morgan fingerprint density at radius 1 is 0.758 bits per heavy atom. The first-order valence-electron chi connectivity index (χ1n) is 14.1. The fourth-order valence-electron chi connectivity index (χ4n) is 6.43. The van der Waals surface area contributed by atoms with Gasteiger partial charge in [-0.2, -0.15) is 4.39 Å². The maximum Gasteiger partial charge on any atom is 0.200 e. The van der Waals surface area contributed by atoms with Crippen LogP contribution in [0.3, 0.4) is 0 Å². The molecule has 0 radical (unpaired) electrons. The van der Waals surface area contributed by atoms with Crippen LogP contribution in [0.15, 0.2) is 6.07 Å². The van der Waals surface area contributed by atoms with Gasteiger partial charge in [-0.25, -0.2) is 4.39 Å². The van der Waals surface area contributed by atoms with Gasteiger partial charge in [-0.3, -0.25) is 0 Å². The van der Waals surface area contributed by atoms with Crippen molar-refractivity contribution in [2.75, 3.05) is 6.61 Å². The predicted molar refractivity (Wildman–Crippen MR) is 135 cm³/mol. The molecule has 1 nitrogen and oxygen atoms in total. The minimum Gasteiger partial charge on any atom is -0.490 e. The highest BCUT2D eigenvalue weighted by molar-refractivity contribution is 5.38. The fourth-order valence-corrected chi connectivity index (χ4v) is 6.43. The number of hydrogen-bond donors (Lipinski definition) is 0. The molecule has 0 spiro atoms.